The highest BCUT2D eigenvalue weighted by molar-refractivity contribution is 7.09. The van der Waals surface area contributed by atoms with E-state index in [0.717, 1.165) is 5.69 Å². The van der Waals surface area contributed by atoms with Crippen LogP contribution in [0.1, 0.15) is 37.4 Å². The van der Waals surface area contributed by atoms with Gasteiger partial charge in [0.25, 0.3) is 0 Å². The van der Waals surface area contributed by atoms with Gasteiger partial charge in [-0.15, -0.1) is 11.3 Å². The van der Waals surface area contributed by atoms with Crippen molar-refractivity contribution in [2.45, 2.75) is 45.2 Å². The number of rotatable bonds is 6. The lowest BCUT2D eigenvalue weighted by Crippen LogP contribution is -2.51. The van der Waals surface area contributed by atoms with Gasteiger partial charge in [-0.3, -0.25) is 0 Å². The molecule has 0 aromatic carbocycles. The van der Waals surface area contributed by atoms with Crippen molar-refractivity contribution in [3.63, 3.8) is 0 Å². The molecule has 0 saturated heterocycles. The van der Waals surface area contributed by atoms with E-state index in [1.54, 1.807) is 18.4 Å². The molecule has 0 bridgehead atoms. The van der Waals surface area contributed by atoms with Gasteiger partial charge in [0.15, 0.2) is 0 Å². The summed E-state index contributed by atoms with van der Waals surface area (Å²) < 4.78 is 5.48. The minimum atomic E-state index is -0.0676. The van der Waals surface area contributed by atoms with E-state index in [9.17, 15) is 0 Å². The third-order valence-corrected chi connectivity index (χ3v) is 4.33. The average molecular weight is 254 g/mol. The lowest BCUT2D eigenvalue weighted by molar-refractivity contribution is 0.0861. The zero-order chi connectivity index (χ0) is 12.5. The fourth-order valence-electron chi connectivity index (χ4n) is 2.45. The van der Waals surface area contributed by atoms with Gasteiger partial charge in [-0.25, -0.2) is 4.98 Å². The molecule has 1 aliphatic rings. The molecule has 1 heterocycles. The molecule has 1 saturated carbocycles. The molecule has 1 aromatic rings. The van der Waals surface area contributed by atoms with Crippen LogP contribution in [0.4, 0.5) is 0 Å². The number of hydrogen-bond donors (Lipinski definition) is 1. The quantitative estimate of drug-likeness (QED) is 0.847. The number of thiazole rings is 1. The van der Waals surface area contributed by atoms with Crippen LogP contribution in [0.15, 0.2) is 5.38 Å². The topological polar surface area (TPSA) is 34.1 Å². The van der Waals surface area contributed by atoms with E-state index in [2.05, 4.69) is 31.5 Å². The van der Waals surface area contributed by atoms with Gasteiger partial charge in [0.05, 0.1) is 12.1 Å². The number of hydrogen-bond acceptors (Lipinski definition) is 4. The second-order valence-corrected chi connectivity index (χ2v) is 6.13. The molecule has 0 radical (unpaired) electrons. The number of ether oxygens (including phenoxy) is 1. The van der Waals surface area contributed by atoms with Gasteiger partial charge in [-0.1, -0.05) is 0 Å². The first kappa shape index (κ1) is 13.0. The van der Waals surface area contributed by atoms with Crippen LogP contribution in [0, 0.1) is 12.8 Å². The molecular formula is C13H22N2OS. The first-order valence-corrected chi connectivity index (χ1v) is 7.15. The smallest absolute Gasteiger partial charge is 0.116 e. The van der Waals surface area contributed by atoms with E-state index in [4.69, 9.17) is 9.72 Å². The molecule has 1 aromatic heterocycles. The maximum atomic E-state index is 5.48. The van der Waals surface area contributed by atoms with E-state index in [1.807, 2.05) is 0 Å². The van der Waals surface area contributed by atoms with Gasteiger partial charge in [0, 0.05) is 24.2 Å². The number of nitrogens with one attached hydrogen (secondary N) is 1. The number of aryl methyl sites for hydroxylation is 1. The molecular weight excluding hydrogens is 232 g/mol. The summed E-state index contributed by atoms with van der Waals surface area (Å²) in [6, 6.07) is 0.440. The SMILES string of the molecule is COCC(NC(C)C)(c1nc(C)cs1)C1CC1. The molecule has 17 heavy (non-hydrogen) atoms. The molecule has 1 fully saturated rings. The molecule has 1 unspecified atom stereocenters. The Morgan fingerprint density at radius 2 is 2.29 bits per heavy atom. The van der Waals surface area contributed by atoms with E-state index >= 15 is 0 Å². The standard InChI is InChI=1S/C13H22N2OS/c1-9(2)15-13(8-16-4,11-5-6-11)12-14-10(3)7-17-12/h7,9,11,15H,5-6,8H2,1-4H3. The normalized spacial score (nSPS) is 19.6. The highest BCUT2D eigenvalue weighted by atomic mass is 32.1. The summed E-state index contributed by atoms with van der Waals surface area (Å²) in [5, 5.41) is 7.03. The Hall–Kier alpha value is -0.450. The first-order valence-electron chi connectivity index (χ1n) is 6.27. The summed E-state index contributed by atoms with van der Waals surface area (Å²) in [7, 11) is 1.78. The predicted molar refractivity (Wildman–Crippen MR) is 71.4 cm³/mol. The van der Waals surface area contributed by atoms with Gasteiger partial charge in [0.2, 0.25) is 0 Å². The Labute approximate surface area is 108 Å². The third kappa shape index (κ3) is 2.69. The van der Waals surface area contributed by atoms with Crippen LogP contribution in [0.2, 0.25) is 0 Å². The fourth-order valence-corrected chi connectivity index (χ4v) is 3.48. The molecule has 0 aliphatic heterocycles. The fraction of sp³-hybridized carbons (Fsp3) is 0.769. The highest BCUT2D eigenvalue weighted by Gasteiger charge is 2.48. The van der Waals surface area contributed by atoms with Crippen LogP contribution >= 0.6 is 11.3 Å². The van der Waals surface area contributed by atoms with E-state index in [0.29, 0.717) is 18.6 Å². The van der Waals surface area contributed by atoms with Crippen LogP contribution in [-0.2, 0) is 10.3 Å². The van der Waals surface area contributed by atoms with Crippen molar-refractivity contribution >= 4 is 11.3 Å². The van der Waals surface area contributed by atoms with Crippen LogP contribution in [-0.4, -0.2) is 24.7 Å². The van der Waals surface area contributed by atoms with Crippen molar-refractivity contribution < 1.29 is 4.74 Å². The molecule has 3 nitrogen and oxygen atoms in total. The van der Waals surface area contributed by atoms with Crippen molar-refractivity contribution in [2.75, 3.05) is 13.7 Å². The summed E-state index contributed by atoms with van der Waals surface area (Å²) in [6.07, 6.45) is 2.56. The van der Waals surface area contributed by atoms with E-state index in [1.165, 1.54) is 17.8 Å². The Bertz CT molecular complexity index is 373. The number of methoxy groups -OCH3 is 1. The molecule has 4 heteroatoms. The second-order valence-electron chi connectivity index (χ2n) is 5.27. The summed E-state index contributed by atoms with van der Waals surface area (Å²) in [4.78, 5) is 4.69. The lowest BCUT2D eigenvalue weighted by atomic mass is 9.93. The zero-order valence-corrected chi connectivity index (χ0v) is 11.9. The molecule has 1 N–H and O–H groups in total. The van der Waals surface area contributed by atoms with Crippen molar-refractivity contribution in [3.8, 4) is 0 Å². The third-order valence-electron chi connectivity index (χ3n) is 3.19. The van der Waals surface area contributed by atoms with Gasteiger partial charge < -0.3 is 10.1 Å². The maximum Gasteiger partial charge on any atom is 0.116 e. The zero-order valence-electron chi connectivity index (χ0n) is 11.1. The Morgan fingerprint density at radius 3 is 2.71 bits per heavy atom. The lowest BCUT2D eigenvalue weighted by Gasteiger charge is -2.34. The van der Waals surface area contributed by atoms with Gasteiger partial charge in [0.1, 0.15) is 5.01 Å². The van der Waals surface area contributed by atoms with Crippen LogP contribution in [0.25, 0.3) is 0 Å². The summed E-state index contributed by atoms with van der Waals surface area (Å²) >= 11 is 1.75. The average Bonchev–Trinajstić information content (AvgIpc) is 3.00. The Kier molecular flexibility index (Phi) is 3.85. The first-order chi connectivity index (χ1) is 8.08. The minimum absolute atomic E-state index is 0.0676. The minimum Gasteiger partial charge on any atom is -0.382 e. The second kappa shape index (κ2) is 5.04. The largest absolute Gasteiger partial charge is 0.382 e. The Balaban J connectivity index is 2.32. The molecule has 0 spiro atoms. The molecule has 0 amide bonds. The predicted octanol–water partition coefficient (Wildman–Crippen LogP) is 2.70. The van der Waals surface area contributed by atoms with Crippen LogP contribution < -0.4 is 5.32 Å². The van der Waals surface area contributed by atoms with Crippen molar-refractivity contribution in [1.82, 2.24) is 10.3 Å². The van der Waals surface area contributed by atoms with E-state index in [-0.39, 0.29) is 5.54 Å². The number of nitrogens with zero attached hydrogens (tertiary/aromatic N) is 1. The van der Waals surface area contributed by atoms with Crippen LogP contribution in [0.5, 0.6) is 0 Å². The van der Waals surface area contributed by atoms with E-state index < -0.39 is 0 Å². The highest BCUT2D eigenvalue weighted by Crippen LogP contribution is 2.47. The molecule has 1 atom stereocenters. The summed E-state index contributed by atoms with van der Waals surface area (Å²) in [5.74, 6) is 0.676. The van der Waals surface area contributed by atoms with Gasteiger partial charge in [-0.2, -0.15) is 0 Å². The summed E-state index contributed by atoms with van der Waals surface area (Å²) in [6.45, 7) is 7.14. The monoisotopic (exact) mass is 254 g/mol. The van der Waals surface area contributed by atoms with Gasteiger partial charge in [-0.05, 0) is 39.5 Å². The number of aromatic nitrogens is 1. The maximum absolute atomic E-state index is 5.48. The van der Waals surface area contributed by atoms with Crippen LogP contribution in [0.3, 0.4) is 0 Å². The molecule has 1 aliphatic carbocycles. The van der Waals surface area contributed by atoms with Gasteiger partial charge >= 0.3 is 0 Å². The van der Waals surface area contributed by atoms with Crippen molar-refractivity contribution in [1.29, 1.82) is 0 Å². The molecule has 96 valence electrons. The summed E-state index contributed by atoms with van der Waals surface area (Å²) in [5.41, 5.74) is 1.04. The molecule has 2 rings (SSSR count). The van der Waals surface area contributed by atoms with Crippen molar-refractivity contribution in [2.24, 2.45) is 5.92 Å². The van der Waals surface area contributed by atoms with Crippen molar-refractivity contribution in [3.05, 3.63) is 16.1 Å². The Morgan fingerprint density at radius 1 is 1.59 bits per heavy atom.